The van der Waals surface area contributed by atoms with Gasteiger partial charge >= 0.3 is 0 Å². The van der Waals surface area contributed by atoms with Crippen LogP contribution in [0.15, 0.2) is 41.4 Å². The van der Waals surface area contributed by atoms with Crippen LogP contribution in [-0.4, -0.2) is 4.92 Å². The Bertz CT molecular complexity index is 593. The molecule has 0 aromatic heterocycles. The minimum absolute atomic E-state index is 0.105. The van der Waals surface area contributed by atoms with Gasteiger partial charge in [0.1, 0.15) is 0 Å². The van der Waals surface area contributed by atoms with Crippen molar-refractivity contribution in [3.8, 4) is 0 Å². The molecule has 0 fully saturated rings. The molecule has 16 heavy (non-hydrogen) atoms. The van der Waals surface area contributed by atoms with E-state index in [-0.39, 0.29) is 10.6 Å². The van der Waals surface area contributed by atoms with E-state index in [1.54, 1.807) is 12.1 Å². The maximum atomic E-state index is 11.0. The Labute approximate surface area is 101 Å². The Morgan fingerprint density at radius 3 is 2.62 bits per heavy atom. The first-order valence-electron chi connectivity index (χ1n) is 4.62. The number of halogens is 1. The summed E-state index contributed by atoms with van der Waals surface area (Å²) in [5.41, 5.74) is 0.643. The van der Waals surface area contributed by atoms with E-state index in [1.807, 2.05) is 18.2 Å². The van der Waals surface area contributed by atoms with E-state index >= 15 is 0 Å². The van der Waals surface area contributed by atoms with Gasteiger partial charge in [0.15, 0.2) is 0 Å². The molecule has 0 radical (unpaired) electrons. The molecule has 0 heterocycles. The summed E-state index contributed by atoms with van der Waals surface area (Å²) in [7, 11) is 0. The van der Waals surface area contributed by atoms with E-state index < -0.39 is 0 Å². The molecule has 0 unspecified atom stereocenters. The molecule has 0 saturated heterocycles. The molecule has 0 amide bonds. The molecular weight excluding hydrogens is 270 g/mol. The number of benzene rings is 2. The molecule has 0 bridgehead atoms. The smallest absolute Gasteiger partial charge is 0.258 e. The maximum absolute atomic E-state index is 11.0. The largest absolute Gasteiger partial charge is 0.284 e. The van der Waals surface area contributed by atoms with Crippen molar-refractivity contribution in [2.45, 2.75) is 0 Å². The average molecular weight is 278 g/mol. The first kappa shape index (κ1) is 10.8. The highest BCUT2D eigenvalue weighted by molar-refractivity contribution is 9.10. The van der Waals surface area contributed by atoms with Gasteiger partial charge in [-0.25, -0.2) is 0 Å². The Balaban J connectivity index is 2.92. The van der Waals surface area contributed by atoms with Gasteiger partial charge in [-0.15, -0.1) is 0 Å². The van der Waals surface area contributed by atoms with Gasteiger partial charge in [0.2, 0.25) is 0 Å². The van der Waals surface area contributed by atoms with Crippen LogP contribution in [0.2, 0.25) is 0 Å². The molecule has 0 aliphatic rings. The zero-order valence-corrected chi connectivity index (χ0v) is 9.90. The van der Waals surface area contributed by atoms with Crippen LogP contribution in [0.1, 0.15) is 5.56 Å². The normalized spacial score (nSPS) is 10.3. The predicted molar refractivity (Wildman–Crippen MR) is 68.4 cm³/mol. The highest BCUT2D eigenvalue weighted by Crippen LogP contribution is 2.32. The van der Waals surface area contributed by atoms with Crippen molar-refractivity contribution in [3.05, 3.63) is 57.1 Å². The second kappa shape index (κ2) is 4.06. The lowest BCUT2D eigenvalue weighted by atomic mass is 10.0. The van der Waals surface area contributed by atoms with Gasteiger partial charge in [0.05, 0.1) is 15.9 Å². The molecule has 0 N–H and O–H groups in total. The zero-order chi connectivity index (χ0) is 11.7. The molecule has 3 nitrogen and oxygen atoms in total. The lowest BCUT2D eigenvalue weighted by Crippen LogP contribution is -1.93. The standard InChI is InChI=1S/C12H8BrNO2/c1-2-8-3-4-9-5-6-10(13)7-11(9)12(8)14(15)16/h2-7H,1H2. The van der Waals surface area contributed by atoms with Crippen molar-refractivity contribution in [3.63, 3.8) is 0 Å². The minimum Gasteiger partial charge on any atom is -0.258 e. The number of nitrogens with zero attached hydrogens (tertiary/aromatic N) is 1. The second-order valence-corrected chi connectivity index (χ2v) is 4.25. The fourth-order valence-electron chi connectivity index (χ4n) is 1.66. The number of nitro benzene ring substituents is 1. The molecule has 0 aliphatic heterocycles. The van der Waals surface area contributed by atoms with E-state index in [2.05, 4.69) is 22.5 Å². The topological polar surface area (TPSA) is 43.1 Å². The van der Waals surface area contributed by atoms with Gasteiger partial charge < -0.3 is 0 Å². The van der Waals surface area contributed by atoms with E-state index in [1.165, 1.54) is 6.08 Å². The summed E-state index contributed by atoms with van der Waals surface area (Å²) in [5, 5.41) is 12.5. The lowest BCUT2D eigenvalue weighted by molar-refractivity contribution is -0.383. The van der Waals surface area contributed by atoms with Crippen LogP contribution in [0, 0.1) is 10.1 Å². The Morgan fingerprint density at radius 1 is 1.31 bits per heavy atom. The monoisotopic (exact) mass is 277 g/mol. The van der Waals surface area contributed by atoms with Gasteiger partial charge in [-0.2, -0.15) is 0 Å². The van der Waals surface area contributed by atoms with Crippen LogP contribution in [0.5, 0.6) is 0 Å². The summed E-state index contributed by atoms with van der Waals surface area (Å²) >= 11 is 3.31. The molecule has 2 aromatic rings. The molecule has 0 spiro atoms. The molecule has 80 valence electrons. The molecule has 2 rings (SSSR count). The van der Waals surface area contributed by atoms with Crippen LogP contribution in [0.3, 0.4) is 0 Å². The minimum atomic E-state index is -0.369. The zero-order valence-electron chi connectivity index (χ0n) is 8.31. The van der Waals surface area contributed by atoms with Gasteiger partial charge in [-0.3, -0.25) is 10.1 Å². The van der Waals surface area contributed by atoms with Crippen LogP contribution < -0.4 is 0 Å². The SMILES string of the molecule is C=Cc1ccc2ccc(Br)cc2c1[N+](=O)[O-]. The maximum Gasteiger partial charge on any atom is 0.284 e. The second-order valence-electron chi connectivity index (χ2n) is 3.33. The number of rotatable bonds is 2. The fourth-order valence-corrected chi connectivity index (χ4v) is 2.02. The third-order valence-electron chi connectivity index (χ3n) is 2.39. The third-order valence-corrected chi connectivity index (χ3v) is 2.88. The van der Waals surface area contributed by atoms with Crippen LogP contribution in [0.4, 0.5) is 5.69 Å². The van der Waals surface area contributed by atoms with E-state index in [9.17, 15) is 10.1 Å². The van der Waals surface area contributed by atoms with Gasteiger partial charge in [-0.05, 0) is 23.6 Å². The van der Waals surface area contributed by atoms with Gasteiger partial charge in [0, 0.05) is 4.47 Å². The Kier molecular flexibility index (Phi) is 2.75. The van der Waals surface area contributed by atoms with Gasteiger partial charge in [0.25, 0.3) is 5.69 Å². The van der Waals surface area contributed by atoms with E-state index in [0.29, 0.717) is 10.9 Å². The molecule has 4 heteroatoms. The van der Waals surface area contributed by atoms with Crippen molar-refractivity contribution in [2.24, 2.45) is 0 Å². The van der Waals surface area contributed by atoms with Gasteiger partial charge in [-0.1, -0.05) is 40.7 Å². The summed E-state index contributed by atoms with van der Waals surface area (Å²) < 4.78 is 0.823. The molecule has 0 saturated carbocycles. The fraction of sp³-hybridized carbons (Fsp3) is 0. The lowest BCUT2D eigenvalue weighted by Gasteiger charge is -2.03. The quantitative estimate of drug-likeness (QED) is 0.611. The first-order valence-corrected chi connectivity index (χ1v) is 5.42. The van der Waals surface area contributed by atoms with E-state index in [4.69, 9.17) is 0 Å². The summed E-state index contributed by atoms with van der Waals surface area (Å²) in [4.78, 5) is 10.7. The molecule has 0 atom stereocenters. The molecule has 0 aliphatic carbocycles. The van der Waals surface area contributed by atoms with E-state index in [0.717, 1.165) is 9.86 Å². The van der Waals surface area contributed by atoms with Crippen LogP contribution >= 0.6 is 15.9 Å². The Morgan fingerprint density at radius 2 is 2.00 bits per heavy atom. The average Bonchev–Trinajstić information content (AvgIpc) is 2.26. The highest BCUT2D eigenvalue weighted by Gasteiger charge is 2.16. The number of fused-ring (bicyclic) bond motifs is 1. The third kappa shape index (κ3) is 1.72. The van der Waals surface area contributed by atoms with Crippen molar-refractivity contribution < 1.29 is 4.92 Å². The number of hydrogen-bond acceptors (Lipinski definition) is 2. The van der Waals surface area contributed by atoms with Crippen molar-refractivity contribution in [2.75, 3.05) is 0 Å². The Hall–Kier alpha value is -1.68. The summed E-state index contributed by atoms with van der Waals surface area (Å²) in [6.07, 6.45) is 1.50. The van der Waals surface area contributed by atoms with Crippen molar-refractivity contribution in [1.82, 2.24) is 0 Å². The molecule has 2 aromatic carbocycles. The predicted octanol–water partition coefficient (Wildman–Crippen LogP) is 4.15. The molecular formula is C12H8BrNO2. The highest BCUT2D eigenvalue weighted by atomic mass is 79.9. The summed E-state index contributed by atoms with van der Waals surface area (Å²) in [5.74, 6) is 0. The number of nitro groups is 1. The van der Waals surface area contributed by atoms with Crippen molar-refractivity contribution in [1.29, 1.82) is 0 Å². The first-order chi connectivity index (χ1) is 7.63. The summed E-state index contributed by atoms with van der Waals surface area (Å²) in [6.45, 7) is 3.59. The van der Waals surface area contributed by atoms with Crippen LogP contribution in [0.25, 0.3) is 16.8 Å². The number of hydrogen-bond donors (Lipinski definition) is 0. The van der Waals surface area contributed by atoms with Crippen molar-refractivity contribution >= 4 is 38.5 Å². The summed E-state index contributed by atoms with van der Waals surface area (Å²) in [6, 6.07) is 9.02. The van der Waals surface area contributed by atoms with Crippen LogP contribution in [-0.2, 0) is 0 Å².